The lowest BCUT2D eigenvalue weighted by Gasteiger charge is -2.28. The van der Waals surface area contributed by atoms with Gasteiger partial charge < -0.3 is 10.2 Å². The number of hydrogen-bond donors (Lipinski definition) is 1. The predicted octanol–water partition coefficient (Wildman–Crippen LogP) is 4.46. The van der Waals surface area contributed by atoms with Crippen LogP contribution < -0.4 is 10.2 Å². The molecular formula is C27H26N4O2. The van der Waals surface area contributed by atoms with Crippen molar-refractivity contribution < 1.29 is 9.59 Å². The molecule has 166 valence electrons. The number of benzene rings is 2. The molecule has 6 heteroatoms. The summed E-state index contributed by atoms with van der Waals surface area (Å²) >= 11 is 0. The molecule has 6 nitrogen and oxygen atoms in total. The molecule has 0 atom stereocenters. The number of carbonyl (C=O) groups excluding carboxylic acids is 2. The summed E-state index contributed by atoms with van der Waals surface area (Å²) in [6, 6.07) is 21.1. The number of anilines is 2. The topological polar surface area (TPSA) is 65.5 Å². The van der Waals surface area contributed by atoms with Crippen molar-refractivity contribution in [2.24, 2.45) is 0 Å². The van der Waals surface area contributed by atoms with E-state index in [-0.39, 0.29) is 18.4 Å². The van der Waals surface area contributed by atoms with Gasteiger partial charge in [0.1, 0.15) is 5.70 Å². The summed E-state index contributed by atoms with van der Waals surface area (Å²) in [5.74, 6) is -0.634. The van der Waals surface area contributed by atoms with E-state index in [2.05, 4.69) is 27.3 Å². The summed E-state index contributed by atoms with van der Waals surface area (Å²) in [5, 5.41) is 3.25. The number of carbonyl (C=O) groups is 2. The molecule has 1 saturated heterocycles. The third kappa shape index (κ3) is 4.37. The predicted molar refractivity (Wildman–Crippen MR) is 129 cm³/mol. The van der Waals surface area contributed by atoms with Crippen LogP contribution in [0.1, 0.15) is 30.4 Å². The van der Waals surface area contributed by atoms with E-state index >= 15 is 0 Å². The summed E-state index contributed by atoms with van der Waals surface area (Å²) in [6.07, 6.45) is 7.07. The van der Waals surface area contributed by atoms with E-state index < -0.39 is 0 Å². The lowest BCUT2D eigenvalue weighted by atomic mass is 10.0. The van der Waals surface area contributed by atoms with E-state index in [0.717, 1.165) is 29.9 Å². The molecule has 1 N–H and O–H groups in total. The van der Waals surface area contributed by atoms with Crippen LogP contribution in [-0.4, -0.2) is 34.8 Å². The van der Waals surface area contributed by atoms with Gasteiger partial charge in [0.25, 0.3) is 11.8 Å². The zero-order valence-corrected chi connectivity index (χ0v) is 18.4. The molecule has 0 unspecified atom stereocenters. The molecule has 0 saturated carbocycles. The summed E-state index contributed by atoms with van der Waals surface area (Å²) < 4.78 is 0. The fourth-order valence-electron chi connectivity index (χ4n) is 4.43. The van der Waals surface area contributed by atoms with Crippen LogP contribution in [-0.2, 0) is 16.1 Å². The van der Waals surface area contributed by atoms with Gasteiger partial charge in [-0.3, -0.25) is 19.5 Å². The van der Waals surface area contributed by atoms with Gasteiger partial charge in [0.2, 0.25) is 0 Å². The van der Waals surface area contributed by atoms with Crippen LogP contribution in [0, 0.1) is 0 Å². The van der Waals surface area contributed by atoms with Crippen molar-refractivity contribution >= 4 is 28.8 Å². The Bertz CT molecular complexity index is 1170. The zero-order chi connectivity index (χ0) is 22.6. The normalized spacial score (nSPS) is 16.5. The molecule has 3 heterocycles. The lowest BCUT2D eigenvalue weighted by molar-refractivity contribution is -0.137. The standard InChI is InChI=1S/C27H26N4O2/c32-26-24(21-9-3-1-4-10-21)25(27(33)31(26)19-20-8-7-15-28-18-20)29-22-11-13-23(14-12-22)30-16-5-2-6-17-30/h1,3-4,7-15,18,29H,2,5-6,16-17,19H2. The highest BCUT2D eigenvalue weighted by Gasteiger charge is 2.39. The SMILES string of the molecule is O=C1C(Nc2ccc(N3CCCCC3)cc2)=C(c2ccccc2)C(=O)N1Cc1cccnc1. The largest absolute Gasteiger partial charge is 0.372 e. The number of piperidine rings is 1. The van der Waals surface area contributed by atoms with Crippen molar-refractivity contribution in [2.75, 3.05) is 23.3 Å². The van der Waals surface area contributed by atoms with Crippen molar-refractivity contribution in [2.45, 2.75) is 25.8 Å². The van der Waals surface area contributed by atoms with E-state index in [1.165, 1.54) is 29.8 Å². The van der Waals surface area contributed by atoms with Crippen LogP contribution in [0.5, 0.6) is 0 Å². The van der Waals surface area contributed by atoms with Gasteiger partial charge in [0, 0.05) is 36.9 Å². The fourth-order valence-corrected chi connectivity index (χ4v) is 4.43. The van der Waals surface area contributed by atoms with Gasteiger partial charge in [-0.05, 0) is 60.7 Å². The molecule has 0 spiro atoms. The minimum Gasteiger partial charge on any atom is -0.372 e. The molecule has 0 radical (unpaired) electrons. The summed E-state index contributed by atoms with van der Waals surface area (Å²) in [5.41, 5.74) is 4.19. The second kappa shape index (κ2) is 9.28. The Kier molecular flexibility index (Phi) is 5.89. The Labute approximate surface area is 193 Å². The molecule has 1 aromatic heterocycles. The van der Waals surface area contributed by atoms with Crippen molar-refractivity contribution in [1.82, 2.24) is 9.88 Å². The Morgan fingerprint density at radius 1 is 0.818 bits per heavy atom. The third-order valence-electron chi connectivity index (χ3n) is 6.15. The average molecular weight is 439 g/mol. The van der Waals surface area contributed by atoms with Crippen LogP contribution in [0.15, 0.2) is 84.8 Å². The number of imide groups is 1. The van der Waals surface area contributed by atoms with Gasteiger partial charge in [0.15, 0.2) is 0 Å². The lowest BCUT2D eigenvalue weighted by Crippen LogP contribution is -2.32. The number of amides is 2. The van der Waals surface area contributed by atoms with Crippen LogP contribution in [0.4, 0.5) is 11.4 Å². The van der Waals surface area contributed by atoms with Gasteiger partial charge >= 0.3 is 0 Å². The van der Waals surface area contributed by atoms with E-state index in [1.807, 2.05) is 48.5 Å². The first kappa shape index (κ1) is 20.9. The first-order valence-corrected chi connectivity index (χ1v) is 11.4. The maximum atomic E-state index is 13.4. The summed E-state index contributed by atoms with van der Waals surface area (Å²) in [4.78, 5) is 34.5. The van der Waals surface area contributed by atoms with E-state index in [4.69, 9.17) is 0 Å². The Balaban J connectivity index is 1.44. The van der Waals surface area contributed by atoms with Crippen molar-refractivity contribution in [1.29, 1.82) is 0 Å². The van der Waals surface area contributed by atoms with Crippen molar-refractivity contribution in [3.8, 4) is 0 Å². The number of aromatic nitrogens is 1. The molecule has 0 aliphatic carbocycles. The molecule has 2 aliphatic heterocycles. The molecule has 2 amide bonds. The van der Waals surface area contributed by atoms with Gasteiger partial charge in [-0.15, -0.1) is 0 Å². The molecule has 1 fully saturated rings. The van der Waals surface area contributed by atoms with Crippen molar-refractivity contribution in [3.05, 3.63) is 95.9 Å². The molecule has 5 rings (SSSR count). The number of hydrogen-bond acceptors (Lipinski definition) is 5. The van der Waals surface area contributed by atoms with Gasteiger partial charge in [-0.25, -0.2) is 0 Å². The second-order valence-corrected chi connectivity index (χ2v) is 8.39. The third-order valence-corrected chi connectivity index (χ3v) is 6.15. The maximum Gasteiger partial charge on any atom is 0.278 e. The highest BCUT2D eigenvalue weighted by molar-refractivity contribution is 6.36. The second-order valence-electron chi connectivity index (χ2n) is 8.39. The molecule has 2 aliphatic rings. The fraction of sp³-hybridized carbons (Fsp3) is 0.222. The minimum atomic E-state index is -0.331. The van der Waals surface area contributed by atoms with Crippen LogP contribution >= 0.6 is 0 Å². The van der Waals surface area contributed by atoms with E-state index in [0.29, 0.717) is 11.3 Å². The molecule has 33 heavy (non-hydrogen) atoms. The number of nitrogens with one attached hydrogen (secondary N) is 1. The molecular weight excluding hydrogens is 412 g/mol. The highest BCUT2D eigenvalue weighted by Crippen LogP contribution is 2.32. The average Bonchev–Trinajstić information content (AvgIpc) is 3.10. The van der Waals surface area contributed by atoms with Crippen LogP contribution in [0.25, 0.3) is 5.57 Å². The summed E-state index contributed by atoms with van der Waals surface area (Å²) in [7, 11) is 0. The van der Waals surface area contributed by atoms with Gasteiger partial charge in [-0.1, -0.05) is 36.4 Å². The summed E-state index contributed by atoms with van der Waals surface area (Å²) in [6.45, 7) is 2.33. The first-order chi connectivity index (χ1) is 16.2. The highest BCUT2D eigenvalue weighted by atomic mass is 16.2. The number of nitrogens with zero attached hydrogens (tertiary/aromatic N) is 3. The zero-order valence-electron chi connectivity index (χ0n) is 18.4. The van der Waals surface area contributed by atoms with E-state index in [1.54, 1.807) is 18.5 Å². The minimum absolute atomic E-state index is 0.181. The quantitative estimate of drug-likeness (QED) is 0.576. The monoisotopic (exact) mass is 438 g/mol. The first-order valence-electron chi connectivity index (χ1n) is 11.4. The number of rotatable bonds is 6. The van der Waals surface area contributed by atoms with Crippen LogP contribution in [0.3, 0.4) is 0 Å². The van der Waals surface area contributed by atoms with Gasteiger partial charge in [-0.2, -0.15) is 0 Å². The number of pyridine rings is 1. The smallest absolute Gasteiger partial charge is 0.278 e. The Hall–Kier alpha value is -3.93. The Morgan fingerprint density at radius 3 is 2.27 bits per heavy atom. The molecule has 0 bridgehead atoms. The van der Waals surface area contributed by atoms with Crippen molar-refractivity contribution in [3.63, 3.8) is 0 Å². The molecule has 3 aromatic rings. The van der Waals surface area contributed by atoms with Crippen LogP contribution in [0.2, 0.25) is 0 Å². The maximum absolute atomic E-state index is 13.4. The molecule has 2 aromatic carbocycles. The Morgan fingerprint density at radius 2 is 1.58 bits per heavy atom. The van der Waals surface area contributed by atoms with E-state index in [9.17, 15) is 9.59 Å². The van der Waals surface area contributed by atoms with Gasteiger partial charge in [0.05, 0.1) is 12.1 Å².